The number of benzene rings is 1. The lowest BCUT2D eigenvalue weighted by molar-refractivity contribution is 0.174. The molecule has 0 spiro atoms. The lowest BCUT2D eigenvalue weighted by Gasteiger charge is -2.13. The molecule has 2 rings (SSSR count). The first-order chi connectivity index (χ1) is 8.12. The normalized spacial score (nSPS) is 26.5. The molecule has 4 nitrogen and oxygen atoms in total. The van der Waals surface area contributed by atoms with Crippen LogP contribution >= 0.6 is 7.60 Å². The van der Waals surface area contributed by atoms with Crippen LogP contribution in [0.15, 0.2) is 18.2 Å². The second-order valence-corrected chi connectivity index (χ2v) is 5.80. The van der Waals surface area contributed by atoms with Gasteiger partial charge in [0, 0.05) is 0 Å². The molecule has 1 heterocycles. The van der Waals surface area contributed by atoms with Crippen LogP contribution in [0.4, 0.5) is 0 Å². The highest BCUT2D eigenvalue weighted by molar-refractivity contribution is 7.62. The standard InChI is InChI=1S/C12H14NO3P/c1-3-15-17(14)12-9(2)5-4-6-10(12)11(16-17)7-8-13/h4-6,11H,3,7H2,1-2H3/t11-,17?/m0/s1. The number of nitrogens with zero attached hydrogens (tertiary/aromatic N) is 1. The molecule has 0 bridgehead atoms. The Morgan fingerprint density at radius 2 is 2.35 bits per heavy atom. The Morgan fingerprint density at radius 1 is 1.59 bits per heavy atom. The summed E-state index contributed by atoms with van der Waals surface area (Å²) in [7, 11) is -3.23. The van der Waals surface area contributed by atoms with Gasteiger partial charge in [-0.1, -0.05) is 18.2 Å². The Kier molecular flexibility index (Phi) is 3.35. The molecule has 1 aliphatic heterocycles. The van der Waals surface area contributed by atoms with Gasteiger partial charge in [0.05, 0.1) is 24.4 Å². The first-order valence-electron chi connectivity index (χ1n) is 5.52. The predicted molar refractivity (Wildman–Crippen MR) is 64.1 cm³/mol. The van der Waals surface area contributed by atoms with Crippen molar-refractivity contribution in [3.05, 3.63) is 29.3 Å². The Bertz CT molecular complexity index is 521. The monoisotopic (exact) mass is 251 g/mol. The zero-order valence-electron chi connectivity index (χ0n) is 9.84. The minimum Gasteiger partial charge on any atom is -0.305 e. The minimum atomic E-state index is -3.23. The summed E-state index contributed by atoms with van der Waals surface area (Å²) in [6, 6.07) is 7.65. The molecule has 0 saturated carbocycles. The summed E-state index contributed by atoms with van der Waals surface area (Å²) in [5, 5.41) is 9.40. The van der Waals surface area contributed by atoms with Gasteiger partial charge < -0.3 is 4.52 Å². The molecule has 0 aromatic heterocycles. The van der Waals surface area contributed by atoms with Gasteiger partial charge in [-0.05, 0) is 25.0 Å². The summed E-state index contributed by atoms with van der Waals surface area (Å²) >= 11 is 0. The molecule has 0 saturated heterocycles. The van der Waals surface area contributed by atoms with E-state index in [0.29, 0.717) is 11.9 Å². The molecule has 1 unspecified atom stereocenters. The van der Waals surface area contributed by atoms with E-state index in [4.69, 9.17) is 14.3 Å². The molecule has 0 fully saturated rings. The molecule has 90 valence electrons. The molecule has 2 atom stereocenters. The zero-order chi connectivity index (χ0) is 12.5. The van der Waals surface area contributed by atoms with Crippen LogP contribution in [0.5, 0.6) is 0 Å². The van der Waals surface area contributed by atoms with Crippen molar-refractivity contribution in [1.29, 1.82) is 5.26 Å². The van der Waals surface area contributed by atoms with Gasteiger partial charge in [-0.2, -0.15) is 5.26 Å². The molecule has 0 N–H and O–H groups in total. The largest absolute Gasteiger partial charge is 0.362 e. The highest BCUT2D eigenvalue weighted by Crippen LogP contribution is 2.58. The Morgan fingerprint density at radius 3 is 3.00 bits per heavy atom. The topological polar surface area (TPSA) is 59.3 Å². The van der Waals surface area contributed by atoms with Gasteiger partial charge in [-0.3, -0.25) is 9.09 Å². The van der Waals surface area contributed by atoms with Crippen molar-refractivity contribution >= 4 is 12.9 Å². The number of hydrogen-bond donors (Lipinski definition) is 0. The molecule has 0 amide bonds. The predicted octanol–water partition coefficient (Wildman–Crippen LogP) is 2.83. The van der Waals surface area contributed by atoms with Crippen LogP contribution < -0.4 is 5.30 Å². The maximum atomic E-state index is 12.6. The number of aryl methyl sites for hydroxylation is 1. The van der Waals surface area contributed by atoms with E-state index < -0.39 is 13.7 Å². The number of fused-ring (bicyclic) bond motifs is 1. The summed E-state index contributed by atoms with van der Waals surface area (Å²) < 4.78 is 23.4. The van der Waals surface area contributed by atoms with Crippen LogP contribution in [0.25, 0.3) is 0 Å². The maximum absolute atomic E-state index is 12.6. The average Bonchev–Trinajstić information content (AvgIpc) is 2.55. The van der Waals surface area contributed by atoms with Crippen LogP contribution in [-0.2, 0) is 13.6 Å². The smallest absolute Gasteiger partial charge is 0.305 e. The van der Waals surface area contributed by atoms with Gasteiger partial charge in [-0.15, -0.1) is 0 Å². The summed E-state index contributed by atoms with van der Waals surface area (Å²) in [6.45, 7) is 3.98. The van der Waals surface area contributed by atoms with Crippen LogP contribution in [0, 0.1) is 18.3 Å². The molecule has 1 aromatic carbocycles. The fourth-order valence-corrected chi connectivity index (χ4v) is 4.29. The lowest BCUT2D eigenvalue weighted by Crippen LogP contribution is -2.10. The molecular weight excluding hydrogens is 237 g/mol. The van der Waals surface area contributed by atoms with Crippen LogP contribution in [0.2, 0.25) is 0 Å². The summed E-state index contributed by atoms with van der Waals surface area (Å²) in [6.07, 6.45) is -0.250. The minimum absolute atomic E-state index is 0.188. The third-order valence-electron chi connectivity index (χ3n) is 2.73. The van der Waals surface area contributed by atoms with E-state index in [1.807, 2.05) is 31.2 Å². The van der Waals surface area contributed by atoms with E-state index in [9.17, 15) is 4.57 Å². The van der Waals surface area contributed by atoms with E-state index in [1.54, 1.807) is 6.92 Å². The fourth-order valence-electron chi connectivity index (χ4n) is 2.09. The van der Waals surface area contributed by atoms with Crippen molar-refractivity contribution in [2.75, 3.05) is 6.61 Å². The SMILES string of the molecule is CCOP1(=O)O[C@@H](CC#N)c2cccc(C)c21. The summed E-state index contributed by atoms with van der Waals surface area (Å²) in [4.78, 5) is 0. The van der Waals surface area contributed by atoms with E-state index in [0.717, 1.165) is 11.1 Å². The van der Waals surface area contributed by atoms with E-state index in [2.05, 4.69) is 0 Å². The molecule has 1 aromatic rings. The van der Waals surface area contributed by atoms with E-state index in [-0.39, 0.29) is 6.42 Å². The molecule has 0 aliphatic carbocycles. The van der Waals surface area contributed by atoms with E-state index >= 15 is 0 Å². The molecule has 1 aliphatic rings. The van der Waals surface area contributed by atoms with Crippen molar-refractivity contribution in [2.45, 2.75) is 26.4 Å². The van der Waals surface area contributed by atoms with Crippen molar-refractivity contribution in [2.24, 2.45) is 0 Å². The highest BCUT2D eigenvalue weighted by Gasteiger charge is 2.43. The number of rotatable bonds is 3. The van der Waals surface area contributed by atoms with Crippen LogP contribution in [-0.4, -0.2) is 6.61 Å². The van der Waals surface area contributed by atoms with Crippen LogP contribution in [0.3, 0.4) is 0 Å². The summed E-state index contributed by atoms with van der Waals surface area (Å²) in [5.74, 6) is 0. The molecular formula is C12H14NO3P. The van der Waals surface area contributed by atoms with Gasteiger partial charge in [0.1, 0.15) is 6.10 Å². The fraction of sp³-hybridized carbons (Fsp3) is 0.417. The molecule has 0 radical (unpaired) electrons. The lowest BCUT2D eigenvalue weighted by atomic mass is 10.0. The van der Waals surface area contributed by atoms with Crippen molar-refractivity contribution < 1.29 is 13.6 Å². The molecule has 17 heavy (non-hydrogen) atoms. The Labute approximate surface area is 101 Å². The van der Waals surface area contributed by atoms with Crippen molar-refractivity contribution in [3.63, 3.8) is 0 Å². The van der Waals surface area contributed by atoms with Crippen LogP contribution in [0.1, 0.15) is 30.6 Å². The maximum Gasteiger partial charge on any atom is 0.362 e. The highest BCUT2D eigenvalue weighted by atomic mass is 31.2. The third kappa shape index (κ3) is 2.02. The van der Waals surface area contributed by atoms with Crippen molar-refractivity contribution in [3.8, 4) is 6.07 Å². The van der Waals surface area contributed by atoms with Gasteiger partial charge >= 0.3 is 7.60 Å². The van der Waals surface area contributed by atoms with Gasteiger partial charge in [0.25, 0.3) is 0 Å². The first-order valence-corrected chi connectivity index (χ1v) is 7.06. The summed E-state index contributed by atoms with van der Waals surface area (Å²) in [5.41, 5.74) is 1.71. The van der Waals surface area contributed by atoms with Gasteiger partial charge in [0.2, 0.25) is 0 Å². The van der Waals surface area contributed by atoms with Gasteiger partial charge in [-0.25, -0.2) is 0 Å². The number of hydrogen-bond acceptors (Lipinski definition) is 4. The second-order valence-electron chi connectivity index (χ2n) is 3.88. The van der Waals surface area contributed by atoms with Crippen molar-refractivity contribution in [1.82, 2.24) is 0 Å². The molecule has 5 heteroatoms. The quantitative estimate of drug-likeness (QED) is 0.775. The zero-order valence-corrected chi connectivity index (χ0v) is 10.7. The Balaban J connectivity index is 2.53. The van der Waals surface area contributed by atoms with E-state index in [1.165, 1.54) is 0 Å². The average molecular weight is 251 g/mol. The Hall–Kier alpha value is -1.14. The van der Waals surface area contributed by atoms with Gasteiger partial charge in [0.15, 0.2) is 0 Å². The number of nitriles is 1. The first kappa shape index (κ1) is 12.3. The second kappa shape index (κ2) is 4.62. The third-order valence-corrected chi connectivity index (χ3v) is 5.02.